The number of halogens is 1. The lowest BCUT2D eigenvalue weighted by atomic mass is 9.97. The molecule has 0 atom stereocenters. The van der Waals surface area contributed by atoms with Crippen LogP contribution in [0.5, 0.6) is 5.75 Å². The SMILES string of the molecule is CC(C)(C)c1nc(-c2cc(OCCF)c(C3CC3)cn2)no1. The topological polar surface area (TPSA) is 61.0 Å². The number of nitrogens with zero attached hydrogens (tertiary/aromatic N) is 3. The molecule has 0 amide bonds. The van der Waals surface area contributed by atoms with Crippen molar-refractivity contribution in [3.8, 4) is 17.3 Å². The lowest BCUT2D eigenvalue weighted by Crippen LogP contribution is -2.11. The summed E-state index contributed by atoms with van der Waals surface area (Å²) < 4.78 is 23.2. The summed E-state index contributed by atoms with van der Waals surface area (Å²) in [6.07, 6.45) is 4.04. The molecule has 2 heterocycles. The number of pyridine rings is 1. The summed E-state index contributed by atoms with van der Waals surface area (Å²) in [5.74, 6) is 2.14. The van der Waals surface area contributed by atoms with E-state index in [1.54, 1.807) is 12.3 Å². The number of rotatable bonds is 5. The van der Waals surface area contributed by atoms with E-state index in [1.165, 1.54) is 0 Å². The molecule has 0 N–H and O–H groups in total. The zero-order valence-electron chi connectivity index (χ0n) is 13.1. The molecule has 0 aromatic carbocycles. The molecule has 1 aliphatic carbocycles. The fourth-order valence-electron chi connectivity index (χ4n) is 2.18. The molecule has 0 bridgehead atoms. The average molecular weight is 305 g/mol. The molecule has 118 valence electrons. The highest BCUT2D eigenvalue weighted by Crippen LogP contribution is 2.44. The molecule has 2 aromatic rings. The molecule has 22 heavy (non-hydrogen) atoms. The van der Waals surface area contributed by atoms with E-state index in [4.69, 9.17) is 9.26 Å². The first kappa shape index (κ1) is 14.9. The van der Waals surface area contributed by atoms with Gasteiger partial charge in [0.15, 0.2) is 0 Å². The number of hydrogen-bond acceptors (Lipinski definition) is 5. The van der Waals surface area contributed by atoms with E-state index < -0.39 is 6.67 Å². The van der Waals surface area contributed by atoms with Crippen LogP contribution in [0.4, 0.5) is 4.39 Å². The monoisotopic (exact) mass is 305 g/mol. The van der Waals surface area contributed by atoms with Gasteiger partial charge >= 0.3 is 0 Å². The van der Waals surface area contributed by atoms with Gasteiger partial charge in [0.2, 0.25) is 11.7 Å². The maximum atomic E-state index is 12.4. The molecule has 2 aromatic heterocycles. The smallest absolute Gasteiger partial charge is 0.232 e. The zero-order chi connectivity index (χ0) is 15.7. The molecule has 0 unspecified atom stereocenters. The molecular weight excluding hydrogens is 285 g/mol. The summed E-state index contributed by atoms with van der Waals surface area (Å²) in [4.78, 5) is 8.81. The predicted molar refractivity (Wildman–Crippen MR) is 79.7 cm³/mol. The summed E-state index contributed by atoms with van der Waals surface area (Å²) in [6.45, 7) is 5.54. The number of aromatic nitrogens is 3. The minimum Gasteiger partial charge on any atom is -0.490 e. The lowest BCUT2D eigenvalue weighted by Gasteiger charge is -2.11. The summed E-state index contributed by atoms with van der Waals surface area (Å²) in [6, 6.07) is 1.78. The van der Waals surface area contributed by atoms with E-state index in [-0.39, 0.29) is 12.0 Å². The van der Waals surface area contributed by atoms with E-state index in [0.717, 1.165) is 18.4 Å². The lowest BCUT2D eigenvalue weighted by molar-refractivity contribution is 0.271. The number of hydrogen-bond donors (Lipinski definition) is 0. The van der Waals surface area contributed by atoms with Crippen molar-refractivity contribution in [3.63, 3.8) is 0 Å². The average Bonchev–Trinajstić information content (AvgIpc) is 3.19. The highest BCUT2D eigenvalue weighted by molar-refractivity contribution is 5.54. The van der Waals surface area contributed by atoms with Gasteiger partial charge in [-0.05, 0) is 18.8 Å². The van der Waals surface area contributed by atoms with Crippen molar-refractivity contribution in [1.82, 2.24) is 15.1 Å². The number of alkyl halides is 1. The second kappa shape index (κ2) is 5.66. The summed E-state index contributed by atoms with van der Waals surface area (Å²) in [7, 11) is 0. The van der Waals surface area contributed by atoms with Crippen LogP contribution < -0.4 is 4.74 Å². The molecule has 6 heteroatoms. The maximum absolute atomic E-state index is 12.4. The number of ether oxygens (including phenoxy) is 1. The highest BCUT2D eigenvalue weighted by Gasteiger charge is 2.28. The molecule has 1 fully saturated rings. The van der Waals surface area contributed by atoms with Gasteiger partial charge < -0.3 is 9.26 Å². The first-order chi connectivity index (χ1) is 10.5. The van der Waals surface area contributed by atoms with Crippen molar-refractivity contribution in [3.05, 3.63) is 23.7 Å². The first-order valence-electron chi connectivity index (χ1n) is 7.52. The minimum atomic E-state index is -0.516. The van der Waals surface area contributed by atoms with Crippen LogP contribution in [0, 0.1) is 0 Å². The minimum absolute atomic E-state index is 0.0443. The van der Waals surface area contributed by atoms with Gasteiger partial charge in [0.25, 0.3) is 0 Å². The van der Waals surface area contributed by atoms with Crippen LogP contribution in [0.15, 0.2) is 16.8 Å². The van der Waals surface area contributed by atoms with Gasteiger partial charge in [-0.25, -0.2) is 4.39 Å². The fraction of sp³-hybridized carbons (Fsp3) is 0.562. The third-order valence-corrected chi connectivity index (χ3v) is 3.54. The molecule has 0 saturated heterocycles. The van der Waals surface area contributed by atoms with Crippen LogP contribution in [0.25, 0.3) is 11.5 Å². The highest BCUT2D eigenvalue weighted by atomic mass is 19.1. The van der Waals surface area contributed by atoms with Crippen molar-refractivity contribution in [2.45, 2.75) is 44.9 Å². The molecule has 0 aliphatic heterocycles. The van der Waals surface area contributed by atoms with Crippen molar-refractivity contribution < 1.29 is 13.7 Å². The van der Waals surface area contributed by atoms with Gasteiger partial charge in [-0.15, -0.1) is 0 Å². The van der Waals surface area contributed by atoms with Crippen LogP contribution in [0.1, 0.15) is 51.0 Å². The maximum Gasteiger partial charge on any atom is 0.232 e. The largest absolute Gasteiger partial charge is 0.490 e. The Hall–Kier alpha value is -1.98. The molecule has 1 aliphatic rings. The Balaban J connectivity index is 1.91. The normalized spacial score (nSPS) is 15.1. The second-order valence-electron chi connectivity index (χ2n) is 6.59. The Kier molecular flexibility index (Phi) is 3.85. The van der Waals surface area contributed by atoms with Crippen molar-refractivity contribution in [2.24, 2.45) is 0 Å². The standard InChI is InChI=1S/C16H20FN3O2/c1-16(2,3)15-19-14(20-22-15)12-8-13(21-7-6-17)11(9-18-12)10-4-5-10/h8-10H,4-7H2,1-3H3. The Morgan fingerprint density at radius 2 is 2.14 bits per heavy atom. The third-order valence-electron chi connectivity index (χ3n) is 3.54. The Labute approximate surface area is 128 Å². The molecular formula is C16H20FN3O2. The molecule has 0 radical (unpaired) electrons. The van der Waals surface area contributed by atoms with Crippen molar-refractivity contribution >= 4 is 0 Å². The van der Waals surface area contributed by atoms with E-state index in [0.29, 0.717) is 29.1 Å². The Morgan fingerprint density at radius 3 is 2.73 bits per heavy atom. The van der Waals surface area contributed by atoms with Gasteiger partial charge in [-0.3, -0.25) is 4.98 Å². The quantitative estimate of drug-likeness (QED) is 0.843. The van der Waals surface area contributed by atoms with E-state index in [1.807, 2.05) is 20.8 Å². The summed E-state index contributed by atoms with van der Waals surface area (Å²) in [5.41, 5.74) is 1.40. The molecule has 1 saturated carbocycles. The van der Waals surface area contributed by atoms with E-state index in [9.17, 15) is 4.39 Å². The second-order valence-corrected chi connectivity index (χ2v) is 6.59. The van der Waals surface area contributed by atoms with Gasteiger partial charge in [0.1, 0.15) is 24.7 Å². The van der Waals surface area contributed by atoms with Crippen LogP contribution in [-0.4, -0.2) is 28.4 Å². The molecule has 0 spiro atoms. The van der Waals surface area contributed by atoms with E-state index >= 15 is 0 Å². The summed E-state index contributed by atoms with van der Waals surface area (Å²) >= 11 is 0. The fourth-order valence-corrected chi connectivity index (χ4v) is 2.18. The van der Waals surface area contributed by atoms with Gasteiger partial charge in [0.05, 0.1) is 0 Å². The first-order valence-corrected chi connectivity index (χ1v) is 7.52. The van der Waals surface area contributed by atoms with Crippen LogP contribution >= 0.6 is 0 Å². The van der Waals surface area contributed by atoms with Crippen molar-refractivity contribution in [2.75, 3.05) is 13.3 Å². The van der Waals surface area contributed by atoms with Gasteiger partial charge in [0, 0.05) is 23.2 Å². The third kappa shape index (κ3) is 3.10. The molecule has 3 rings (SSSR count). The predicted octanol–water partition coefficient (Wildman–Crippen LogP) is 3.65. The zero-order valence-corrected chi connectivity index (χ0v) is 13.1. The summed E-state index contributed by atoms with van der Waals surface area (Å²) in [5, 5.41) is 3.99. The van der Waals surface area contributed by atoms with E-state index in [2.05, 4.69) is 15.1 Å². The van der Waals surface area contributed by atoms with Crippen molar-refractivity contribution in [1.29, 1.82) is 0 Å². The Morgan fingerprint density at radius 1 is 1.36 bits per heavy atom. The van der Waals surface area contributed by atoms with Crippen LogP contribution in [0.3, 0.4) is 0 Å². The van der Waals surface area contributed by atoms with Gasteiger partial charge in [-0.1, -0.05) is 25.9 Å². The Bertz CT molecular complexity index is 660. The molecule has 5 nitrogen and oxygen atoms in total. The van der Waals surface area contributed by atoms with Crippen LogP contribution in [-0.2, 0) is 5.41 Å². The van der Waals surface area contributed by atoms with Gasteiger partial charge in [-0.2, -0.15) is 4.98 Å². The van der Waals surface area contributed by atoms with Crippen LogP contribution in [0.2, 0.25) is 0 Å².